The normalized spacial score (nSPS) is 15.2. The Morgan fingerprint density at radius 3 is 1.80 bits per heavy atom. The van der Waals surface area contributed by atoms with Crippen molar-refractivity contribution >= 4 is 26.8 Å². The van der Waals surface area contributed by atoms with Crippen LogP contribution in [0.4, 0.5) is 0 Å². The first-order chi connectivity index (χ1) is 2.27. The zero-order valence-corrected chi connectivity index (χ0v) is 7.49. The molecule has 0 aromatic carbocycles. The molecule has 5 heavy (non-hydrogen) atoms. The van der Waals surface area contributed by atoms with E-state index in [9.17, 15) is 4.79 Å². The van der Waals surface area contributed by atoms with Crippen LogP contribution in [0.2, 0.25) is 5.16 Å². The van der Waals surface area contributed by atoms with Gasteiger partial charge in [0.25, 0.3) is 0 Å². The molecule has 0 aromatic rings. The zero-order chi connectivity index (χ0) is 4.28. The summed E-state index contributed by atoms with van der Waals surface area (Å²) in [6, 6.07) is 0. The first-order valence-electron chi connectivity index (χ1n) is 1.65. The van der Waals surface area contributed by atoms with Crippen molar-refractivity contribution in [1.82, 2.24) is 0 Å². The fraction of sp³-hybridized carbons (Fsp3) is 0.500. The Kier molecular flexibility index (Phi) is 2.40. The Hall–Kier alpha value is 0.104. The van der Waals surface area contributed by atoms with Gasteiger partial charge in [0.15, 0.2) is 6.29 Å². The molecule has 0 heterocycles. The molecule has 0 saturated heterocycles. The van der Waals surface area contributed by atoms with E-state index >= 15 is 0 Å². The van der Waals surface area contributed by atoms with Crippen LogP contribution in [-0.2, 0) is 4.79 Å². The van der Waals surface area contributed by atoms with E-state index in [1.54, 1.807) is 0 Å². The molecule has 0 fully saturated rings. The van der Waals surface area contributed by atoms with Gasteiger partial charge in [-0.05, 0) is 5.16 Å². The van der Waals surface area contributed by atoms with Crippen molar-refractivity contribution in [3.63, 3.8) is 0 Å². The summed E-state index contributed by atoms with van der Waals surface area (Å²) in [6.45, 7) is 0. The molecule has 0 aliphatic heterocycles. The number of hydrogen-bond donors (Lipinski definition) is 0. The van der Waals surface area contributed by atoms with E-state index < -0.39 is 0 Å². The maximum atomic E-state index is 9.45. The second-order valence-electron chi connectivity index (χ2n) is 1.27. The van der Waals surface area contributed by atoms with E-state index in [-0.39, 0.29) is 0 Å². The Labute approximate surface area is 37.6 Å². The van der Waals surface area contributed by atoms with E-state index in [0.29, 0.717) is 5.16 Å². The molecule has 0 saturated carbocycles. The highest BCUT2D eigenvalue weighted by molar-refractivity contribution is 6.43. The molecule has 0 aromatic heterocycles. The summed E-state index contributed by atoms with van der Waals surface area (Å²) in [5, 5.41) is 0.356. The molecule has 29 valence electrons. The highest BCUT2D eigenvalue weighted by Gasteiger charge is 1.82. The maximum Gasteiger partial charge on any atom is 0.194 e. The second kappa shape index (κ2) is 2.35. The fourth-order valence-electron chi connectivity index (χ4n) is 0. The smallest absolute Gasteiger partial charge is 0.194 e. The third-order valence-electron chi connectivity index (χ3n) is 0.236. The van der Waals surface area contributed by atoms with Gasteiger partial charge in [-0.25, -0.2) is 0 Å². The summed E-state index contributed by atoms with van der Waals surface area (Å²) in [6.07, 6.45) is 1.90. The monoisotopic (exact) mass is 103 g/mol. The van der Waals surface area contributed by atoms with Gasteiger partial charge in [-0.1, -0.05) is 0 Å². The van der Waals surface area contributed by atoms with Crippen molar-refractivity contribution in [1.29, 1.82) is 0 Å². The molecule has 1 nitrogen and oxygen atoms in total. The number of rotatable bonds is 1. The van der Waals surface area contributed by atoms with Crippen LogP contribution >= 0.6 is 0 Å². The van der Waals surface area contributed by atoms with Crippen LogP contribution in [0.3, 0.4) is 0 Å². The maximum absolute atomic E-state index is 9.45. The Balaban J connectivity index is 2.83. The largest absolute Gasteiger partial charge is 0.291 e. The molecule has 0 unspecified atom stereocenters. The first kappa shape index (κ1) is 5.10. The van der Waals surface area contributed by atoms with E-state index in [0.717, 1.165) is 20.5 Å². The van der Waals surface area contributed by atoms with Crippen molar-refractivity contribution in [3.8, 4) is 0 Å². The van der Waals surface area contributed by atoms with Crippen LogP contribution in [-0.4, -0.2) is 26.8 Å². The molecule has 0 bridgehead atoms. The van der Waals surface area contributed by atoms with Gasteiger partial charge in [-0.15, -0.1) is 0 Å². The summed E-state index contributed by atoms with van der Waals surface area (Å²) in [4.78, 5) is 9.45. The van der Waals surface area contributed by atoms with Gasteiger partial charge >= 0.3 is 0 Å². The lowest BCUT2D eigenvalue weighted by molar-refractivity contribution is 0.558. The predicted octanol–water partition coefficient (Wildman–Crippen LogP) is -2.43. The Morgan fingerprint density at radius 2 is 1.80 bits per heavy atom. The Morgan fingerprint density at radius 1 is 1.60 bits per heavy atom. The molecule has 0 rings (SSSR count). The van der Waals surface area contributed by atoms with E-state index in [4.69, 9.17) is 0 Å². The average molecular weight is 103 g/mol. The molecule has 0 atom stereocenters. The molecule has 0 amide bonds. The van der Waals surface area contributed by atoms with Gasteiger partial charge < -0.3 is 0 Å². The molecule has 0 aliphatic carbocycles. The van der Waals surface area contributed by atoms with Crippen molar-refractivity contribution in [2.45, 2.75) is 5.16 Å². The molecule has 0 N–H and O–H groups in total. The zero-order valence-electron chi connectivity index (χ0n) is 3.49. The number of hydrogen-bond acceptors (Lipinski definition) is 1. The van der Waals surface area contributed by atoms with Gasteiger partial charge in [0, 0.05) is 20.5 Å². The topological polar surface area (TPSA) is 17.1 Å². The quantitative estimate of drug-likeness (QED) is 0.337. The second-order valence-corrected chi connectivity index (χ2v) is 7.05. The summed E-state index contributed by atoms with van der Waals surface area (Å²) in [5.41, 5.74) is 0. The van der Waals surface area contributed by atoms with Crippen molar-refractivity contribution < 1.29 is 4.79 Å². The minimum absolute atomic E-state index is 0.356. The van der Waals surface area contributed by atoms with Gasteiger partial charge in [0.1, 0.15) is 0 Å². The predicted molar refractivity (Wildman–Crippen MR) is 29.3 cm³/mol. The SMILES string of the molecule is O=[C]C([SiH3])[SiH3]. The lowest BCUT2D eigenvalue weighted by Gasteiger charge is -1.76. The summed E-state index contributed by atoms with van der Waals surface area (Å²) >= 11 is 0. The number of carbonyl (C=O) groups excluding carboxylic acids is 1. The molecular weight excluding hydrogens is 96.2 g/mol. The van der Waals surface area contributed by atoms with Gasteiger partial charge in [-0.3, -0.25) is 4.79 Å². The molecule has 3 heteroatoms. The molecule has 0 aliphatic rings. The summed E-state index contributed by atoms with van der Waals surface area (Å²) < 4.78 is 0. The summed E-state index contributed by atoms with van der Waals surface area (Å²) in [7, 11) is 2.02. The van der Waals surface area contributed by atoms with E-state index in [1.165, 1.54) is 0 Å². The third-order valence-corrected chi connectivity index (χ3v) is 0.707. The van der Waals surface area contributed by atoms with Crippen LogP contribution in [0.1, 0.15) is 0 Å². The van der Waals surface area contributed by atoms with Gasteiger partial charge in [-0.2, -0.15) is 0 Å². The van der Waals surface area contributed by atoms with E-state index in [1.807, 2.05) is 6.29 Å². The lowest BCUT2D eigenvalue weighted by Crippen LogP contribution is -1.88. The summed E-state index contributed by atoms with van der Waals surface area (Å²) in [5.74, 6) is 0. The van der Waals surface area contributed by atoms with Crippen LogP contribution in [0.25, 0.3) is 0 Å². The highest BCUT2D eigenvalue weighted by Crippen LogP contribution is 1.74. The minimum atomic E-state index is 0.356. The van der Waals surface area contributed by atoms with Crippen LogP contribution in [0, 0.1) is 0 Å². The van der Waals surface area contributed by atoms with Crippen molar-refractivity contribution in [3.05, 3.63) is 0 Å². The fourth-order valence-corrected chi connectivity index (χ4v) is 0. The standard InChI is InChI=1S/C2H7OSi2/c3-1-2(4)5/h2H,4-5H3. The molecule has 0 spiro atoms. The van der Waals surface area contributed by atoms with Crippen LogP contribution < -0.4 is 0 Å². The minimum Gasteiger partial charge on any atom is -0.291 e. The Bertz CT molecular complexity index is 34.6. The van der Waals surface area contributed by atoms with Crippen LogP contribution in [0.15, 0.2) is 0 Å². The van der Waals surface area contributed by atoms with Crippen LogP contribution in [0.5, 0.6) is 0 Å². The van der Waals surface area contributed by atoms with E-state index in [2.05, 4.69) is 0 Å². The van der Waals surface area contributed by atoms with Crippen molar-refractivity contribution in [2.75, 3.05) is 0 Å². The first-order valence-corrected chi connectivity index (χ1v) is 3.96. The third kappa shape index (κ3) is 4.10. The van der Waals surface area contributed by atoms with Crippen molar-refractivity contribution in [2.24, 2.45) is 0 Å². The highest BCUT2D eigenvalue weighted by atomic mass is 28.2. The molecular formula is C2H7OSi2. The average Bonchev–Trinajstić information content (AvgIpc) is 1.38. The van der Waals surface area contributed by atoms with Gasteiger partial charge in [0.05, 0.1) is 0 Å². The molecule has 1 radical (unpaired) electrons. The lowest BCUT2D eigenvalue weighted by atomic mass is 10.9. The van der Waals surface area contributed by atoms with Gasteiger partial charge in [0.2, 0.25) is 0 Å².